The topological polar surface area (TPSA) is 73.9 Å². The largest absolute Gasteiger partial charge is 0.497 e. The maximum atomic E-state index is 12.0. The number of esters is 1. The van der Waals surface area contributed by atoms with Gasteiger partial charge in [-0.15, -0.1) is 0 Å². The van der Waals surface area contributed by atoms with E-state index in [2.05, 4.69) is 5.32 Å². The lowest BCUT2D eigenvalue weighted by atomic mass is 10.2. The van der Waals surface area contributed by atoms with E-state index < -0.39 is 18.3 Å². The molecular weight excluding hydrogens is 310 g/mol. The molecule has 0 bridgehead atoms. The molecule has 0 radical (unpaired) electrons. The number of carbonyl (C=O) groups is 2. The van der Waals surface area contributed by atoms with Crippen LogP contribution in [0.15, 0.2) is 54.6 Å². The minimum atomic E-state index is -0.934. The Bertz CT molecular complexity index is 670. The number of hydrogen-bond donors (Lipinski definition) is 1. The molecule has 1 amide bonds. The highest BCUT2D eigenvalue weighted by Crippen LogP contribution is 2.19. The minimum Gasteiger partial charge on any atom is -0.497 e. The minimum absolute atomic E-state index is 0.127. The second-order valence-electron chi connectivity index (χ2n) is 4.97. The first-order valence-corrected chi connectivity index (χ1v) is 7.37. The highest BCUT2D eigenvalue weighted by Gasteiger charge is 2.18. The maximum Gasteiger partial charge on any atom is 0.410 e. The molecule has 0 aliphatic rings. The molecule has 0 aliphatic heterocycles. The van der Waals surface area contributed by atoms with Crippen molar-refractivity contribution in [3.8, 4) is 5.75 Å². The molecule has 126 valence electrons. The van der Waals surface area contributed by atoms with Gasteiger partial charge in [0.1, 0.15) is 12.4 Å². The van der Waals surface area contributed by atoms with E-state index in [1.165, 1.54) is 6.92 Å². The van der Waals surface area contributed by atoms with Gasteiger partial charge >= 0.3 is 12.1 Å². The van der Waals surface area contributed by atoms with Gasteiger partial charge in [0.15, 0.2) is 0 Å². The average molecular weight is 329 g/mol. The summed E-state index contributed by atoms with van der Waals surface area (Å²) in [5.41, 5.74) is 1.46. The third-order valence-electron chi connectivity index (χ3n) is 3.16. The van der Waals surface area contributed by atoms with Gasteiger partial charge in [-0.3, -0.25) is 10.1 Å². The third-order valence-corrected chi connectivity index (χ3v) is 3.16. The van der Waals surface area contributed by atoms with E-state index in [9.17, 15) is 9.59 Å². The lowest BCUT2D eigenvalue weighted by molar-refractivity contribution is -0.147. The summed E-state index contributed by atoms with van der Waals surface area (Å²) >= 11 is 0. The van der Waals surface area contributed by atoms with Crippen molar-refractivity contribution in [1.29, 1.82) is 0 Å². The first-order chi connectivity index (χ1) is 11.6. The highest BCUT2D eigenvalue weighted by atomic mass is 16.6. The van der Waals surface area contributed by atoms with Crippen molar-refractivity contribution in [2.45, 2.75) is 19.8 Å². The molecule has 1 atom stereocenters. The van der Waals surface area contributed by atoms with Gasteiger partial charge < -0.3 is 14.2 Å². The molecule has 6 nitrogen and oxygen atoms in total. The molecule has 0 saturated heterocycles. The van der Waals surface area contributed by atoms with E-state index in [0.29, 0.717) is 11.3 Å². The Labute approximate surface area is 140 Å². The van der Waals surface area contributed by atoms with E-state index >= 15 is 0 Å². The van der Waals surface area contributed by atoms with Crippen molar-refractivity contribution in [2.24, 2.45) is 0 Å². The summed E-state index contributed by atoms with van der Waals surface area (Å²) in [7, 11) is 1.55. The number of nitrogens with one attached hydrogen (secondary N) is 1. The Kier molecular flexibility index (Phi) is 6.19. The van der Waals surface area contributed by atoms with Gasteiger partial charge in [-0.1, -0.05) is 30.3 Å². The Morgan fingerprint density at radius 2 is 1.71 bits per heavy atom. The summed E-state index contributed by atoms with van der Waals surface area (Å²) in [6.07, 6.45) is -1.61. The van der Waals surface area contributed by atoms with E-state index in [1.54, 1.807) is 31.4 Å². The SMILES string of the molecule is COc1ccc(C(NC(=O)OCc2ccccc2)OC(C)=O)cc1. The summed E-state index contributed by atoms with van der Waals surface area (Å²) in [4.78, 5) is 23.2. The number of hydrogen-bond acceptors (Lipinski definition) is 5. The monoisotopic (exact) mass is 329 g/mol. The number of rotatable bonds is 6. The summed E-state index contributed by atoms with van der Waals surface area (Å²) in [6, 6.07) is 16.1. The second kappa shape index (κ2) is 8.57. The number of ether oxygens (including phenoxy) is 3. The van der Waals surface area contributed by atoms with E-state index in [0.717, 1.165) is 5.56 Å². The predicted molar refractivity (Wildman–Crippen MR) is 87.3 cm³/mol. The molecule has 0 heterocycles. The van der Waals surface area contributed by atoms with Gasteiger partial charge in [-0.05, 0) is 29.8 Å². The first kappa shape index (κ1) is 17.3. The van der Waals surface area contributed by atoms with Crippen molar-refractivity contribution in [3.05, 3.63) is 65.7 Å². The summed E-state index contributed by atoms with van der Waals surface area (Å²) < 4.78 is 15.4. The Balaban J connectivity index is 1.99. The number of benzene rings is 2. The van der Waals surface area contributed by atoms with Gasteiger partial charge in [0.2, 0.25) is 6.23 Å². The number of methoxy groups -OCH3 is 1. The second-order valence-corrected chi connectivity index (χ2v) is 4.97. The summed E-state index contributed by atoms with van der Waals surface area (Å²) in [5.74, 6) is 0.145. The van der Waals surface area contributed by atoms with Crippen LogP contribution in [0.3, 0.4) is 0 Å². The predicted octanol–water partition coefficient (Wildman–Crippen LogP) is 3.18. The van der Waals surface area contributed by atoms with Crippen LogP contribution in [0.2, 0.25) is 0 Å². The van der Waals surface area contributed by atoms with E-state index in [4.69, 9.17) is 14.2 Å². The van der Waals surface area contributed by atoms with Gasteiger partial charge in [0.05, 0.1) is 7.11 Å². The fraction of sp³-hybridized carbons (Fsp3) is 0.222. The molecule has 1 unspecified atom stereocenters. The lowest BCUT2D eigenvalue weighted by Gasteiger charge is -2.19. The maximum absolute atomic E-state index is 12.0. The van der Waals surface area contributed by atoms with Crippen LogP contribution in [0.25, 0.3) is 0 Å². The zero-order valence-electron chi connectivity index (χ0n) is 13.5. The smallest absolute Gasteiger partial charge is 0.410 e. The van der Waals surface area contributed by atoms with Crippen LogP contribution in [0.4, 0.5) is 4.79 Å². The molecule has 0 saturated carbocycles. The van der Waals surface area contributed by atoms with Crippen LogP contribution in [-0.4, -0.2) is 19.2 Å². The fourth-order valence-electron chi connectivity index (χ4n) is 2.00. The molecule has 0 aliphatic carbocycles. The summed E-state index contributed by atoms with van der Waals surface area (Å²) in [5, 5.41) is 2.53. The molecular formula is C18H19NO5. The molecule has 2 aromatic rings. The van der Waals surface area contributed by atoms with Gasteiger partial charge in [0, 0.05) is 12.5 Å². The number of amides is 1. The highest BCUT2D eigenvalue weighted by molar-refractivity contribution is 5.70. The van der Waals surface area contributed by atoms with E-state index in [1.807, 2.05) is 30.3 Å². The van der Waals surface area contributed by atoms with Crippen molar-refractivity contribution >= 4 is 12.1 Å². The molecule has 2 aromatic carbocycles. The van der Waals surface area contributed by atoms with Gasteiger partial charge in [-0.2, -0.15) is 0 Å². The van der Waals surface area contributed by atoms with Crippen LogP contribution < -0.4 is 10.1 Å². The zero-order valence-corrected chi connectivity index (χ0v) is 13.5. The quantitative estimate of drug-likeness (QED) is 0.651. The average Bonchev–Trinajstić information content (AvgIpc) is 2.60. The molecule has 0 aromatic heterocycles. The van der Waals surface area contributed by atoms with E-state index in [-0.39, 0.29) is 6.61 Å². The summed E-state index contributed by atoms with van der Waals surface area (Å²) in [6.45, 7) is 1.40. The van der Waals surface area contributed by atoms with Crippen LogP contribution in [0, 0.1) is 0 Å². The fourth-order valence-corrected chi connectivity index (χ4v) is 2.00. The molecule has 6 heteroatoms. The number of alkyl carbamates (subject to hydrolysis) is 1. The van der Waals surface area contributed by atoms with Gasteiger partial charge in [0.25, 0.3) is 0 Å². The van der Waals surface area contributed by atoms with Crippen LogP contribution in [-0.2, 0) is 20.9 Å². The van der Waals surface area contributed by atoms with Crippen molar-refractivity contribution in [2.75, 3.05) is 7.11 Å². The Morgan fingerprint density at radius 1 is 1.04 bits per heavy atom. The standard InChI is InChI=1S/C18H19NO5/c1-13(20)24-17(15-8-10-16(22-2)11-9-15)19-18(21)23-12-14-6-4-3-5-7-14/h3-11,17H,12H2,1-2H3,(H,19,21). The molecule has 2 rings (SSSR count). The molecule has 0 spiro atoms. The van der Waals surface area contributed by atoms with Crippen molar-refractivity contribution < 1.29 is 23.8 Å². The zero-order chi connectivity index (χ0) is 17.4. The molecule has 1 N–H and O–H groups in total. The Morgan fingerprint density at radius 3 is 2.29 bits per heavy atom. The number of carbonyl (C=O) groups excluding carboxylic acids is 2. The van der Waals surface area contributed by atoms with Crippen LogP contribution >= 0.6 is 0 Å². The lowest BCUT2D eigenvalue weighted by Crippen LogP contribution is -2.31. The normalized spacial score (nSPS) is 11.2. The Hall–Kier alpha value is -3.02. The third kappa shape index (κ3) is 5.31. The molecule has 0 fully saturated rings. The van der Waals surface area contributed by atoms with Crippen molar-refractivity contribution in [3.63, 3.8) is 0 Å². The van der Waals surface area contributed by atoms with Gasteiger partial charge in [-0.25, -0.2) is 4.79 Å². The van der Waals surface area contributed by atoms with Crippen LogP contribution in [0.5, 0.6) is 5.75 Å². The molecule has 24 heavy (non-hydrogen) atoms. The van der Waals surface area contributed by atoms with Crippen molar-refractivity contribution in [1.82, 2.24) is 5.32 Å². The van der Waals surface area contributed by atoms with Crippen LogP contribution in [0.1, 0.15) is 24.3 Å². The first-order valence-electron chi connectivity index (χ1n) is 7.37.